The van der Waals surface area contributed by atoms with Gasteiger partial charge in [-0.25, -0.2) is 9.67 Å². The maximum atomic E-state index is 11.8. The summed E-state index contributed by atoms with van der Waals surface area (Å²) in [5.41, 5.74) is 4.55. The van der Waals surface area contributed by atoms with Crippen molar-refractivity contribution in [1.29, 1.82) is 0 Å². The largest absolute Gasteiger partial charge is 0.482 e. The molecule has 1 N–H and O–H groups in total. The van der Waals surface area contributed by atoms with Crippen LogP contribution in [0.2, 0.25) is 5.02 Å². The minimum atomic E-state index is -0.150. The Morgan fingerprint density at radius 1 is 1.16 bits per heavy atom. The molecule has 32 heavy (non-hydrogen) atoms. The van der Waals surface area contributed by atoms with E-state index >= 15 is 0 Å². The second kappa shape index (κ2) is 8.92. The van der Waals surface area contributed by atoms with Crippen LogP contribution in [0.1, 0.15) is 32.6 Å². The summed E-state index contributed by atoms with van der Waals surface area (Å²) in [5.74, 6) is 1.26. The fraction of sp³-hybridized carbons (Fsp3) is 0.292. The molecule has 0 saturated heterocycles. The van der Waals surface area contributed by atoms with Gasteiger partial charge in [-0.05, 0) is 74.1 Å². The van der Waals surface area contributed by atoms with Crippen molar-refractivity contribution in [2.24, 2.45) is 16.0 Å². The number of thiazole rings is 1. The number of amides is 1. The summed E-state index contributed by atoms with van der Waals surface area (Å²) in [6.45, 7) is 2.34. The quantitative estimate of drug-likeness (QED) is 0.526. The van der Waals surface area contributed by atoms with Crippen LogP contribution < -0.4 is 14.9 Å². The Labute approximate surface area is 195 Å². The van der Waals surface area contributed by atoms with Gasteiger partial charge in [0.05, 0.1) is 17.1 Å². The van der Waals surface area contributed by atoms with Gasteiger partial charge in [-0.3, -0.25) is 4.79 Å². The van der Waals surface area contributed by atoms with Gasteiger partial charge in [0, 0.05) is 21.7 Å². The molecule has 6 nitrogen and oxygen atoms in total. The zero-order valence-corrected chi connectivity index (χ0v) is 19.2. The highest BCUT2D eigenvalue weighted by Gasteiger charge is 2.19. The van der Waals surface area contributed by atoms with E-state index in [0.717, 1.165) is 53.3 Å². The summed E-state index contributed by atoms with van der Waals surface area (Å²) in [6, 6.07) is 13.3. The third-order valence-electron chi connectivity index (χ3n) is 5.74. The summed E-state index contributed by atoms with van der Waals surface area (Å²) in [5, 5.41) is 10.7. The monoisotopic (exact) mass is 466 g/mol. The molecule has 2 aliphatic rings. The topological polar surface area (TPSA) is 68.0 Å². The number of ether oxygens (including phenoxy) is 1. The Morgan fingerprint density at radius 3 is 2.72 bits per heavy atom. The summed E-state index contributed by atoms with van der Waals surface area (Å²) in [4.78, 5) is 17.4. The van der Waals surface area contributed by atoms with Gasteiger partial charge < -0.3 is 10.1 Å². The number of carbonyl (C=O) groups excluding carboxylic acids is 1. The number of carbonyl (C=O) groups is 1. The fourth-order valence-electron chi connectivity index (χ4n) is 3.88. The molecule has 2 aromatic carbocycles. The van der Waals surface area contributed by atoms with Crippen LogP contribution in [0, 0.1) is 5.92 Å². The number of nitrogens with one attached hydrogen (secondary N) is 1. The molecular formula is C24H23ClN4O2S. The third kappa shape index (κ3) is 4.49. The van der Waals surface area contributed by atoms with Crippen molar-refractivity contribution in [3.8, 4) is 17.0 Å². The second-order valence-corrected chi connectivity index (χ2v) is 9.47. The molecule has 164 valence electrons. The van der Waals surface area contributed by atoms with Crippen molar-refractivity contribution in [1.82, 2.24) is 4.68 Å². The molecule has 1 aliphatic carbocycles. The Hall–Kier alpha value is -2.90. The maximum Gasteiger partial charge on any atom is 0.262 e. The predicted molar refractivity (Wildman–Crippen MR) is 129 cm³/mol. The molecule has 3 aromatic rings. The van der Waals surface area contributed by atoms with Crippen molar-refractivity contribution in [2.75, 3.05) is 11.9 Å². The average Bonchev–Trinajstić information content (AvgIpc) is 3.18. The van der Waals surface area contributed by atoms with E-state index in [0.29, 0.717) is 16.5 Å². The number of hydrogen-bond donors (Lipinski definition) is 1. The van der Waals surface area contributed by atoms with Crippen LogP contribution in [0.3, 0.4) is 0 Å². The fourth-order valence-corrected chi connectivity index (χ4v) is 4.85. The maximum absolute atomic E-state index is 11.8. The van der Waals surface area contributed by atoms with E-state index in [1.54, 1.807) is 0 Å². The van der Waals surface area contributed by atoms with Gasteiger partial charge in [-0.15, -0.1) is 11.3 Å². The van der Waals surface area contributed by atoms with Crippen molar-refractivity contribution < 1.29 is 9.53 Å². The number of anilines is 1. The van der Waals surface area contributed by atoms with Crippen LogP contribution in [0.4, 0.5) is 11.4 Å². The molecule has 0 bridgehead atoms. The number of rotatable bonds is 3. The number of hydrogen-bond acceptors (Lipinski definition) is 5. The van der Waals surface area contributed by atoms with Crippen LogP contribution in [-0.4, -0.2) is 22.9 Å². The molecule has 8 heteroatoms. The van der Waals surface area contributed by atoms with Crippen LogP contribution >= 0.6 is 22.9 Å². The molecule has 1 aliphatic heterocycles. The molecular weight excluding hydrogens is 444 g/mol. The van der Waals surface area contributed by atoms with E-state index in [-0.39, 0.29) is 12.5 Å². The van der Waals surface area contributed by atoms with Gasteiger partial charge in [0.1, 0.15) is 5.75 Å². The van der Waals surface area contributed by atoms with Crippen molar-refractivity contribution in [3.63, 3.8) is 0 Å². The lowest BCUT2D eigenvalue weighted by molar-refractivity contribution is -0.118. The van der Waals surface area contributed by atoms with Gasteiger partial charge in [-0.1, -0.05) is 18.5 Å². The van der Waals surface area contributed by atoms with Gasteiger partial charge in [0.25, 0.3) is 5.91 Å². The van der Waals surface area contributed by atoms with Crippen molar-refractivity contribution >= 4 is 45.9 Å². The molecule has 1 fully saturated rings. The first-order valence-corrected chi connectivity index (χ1v) is 12.0. The van der Waals surface area contributed by atoms with Crippen LogP contribution in [0.5, 0.6) is 5.75 Å². The standard InChI is InChI=1S/C24H23ClN4O2S/c1-15-2-7-19(8-3-15)28-29-21(14-32-24(29)26-18-9-5-17(25)6-10-18)16-4-11-22-20(12-16)27-23(30)13-31-22/h4-6,9-12,14-15H,2-3,7-8,13H2,1H3,(H,27,30). The Bertz CT molecular complexity index is 1250. The van der Waals surface area contributed by atoms with E-state index in [2.05, 4.69) is 17.6 Å². The highest BCUT2D eigenvalue weighted by Crippen LogP contribution is 2.33. The number of aromatic nitrogens is 1. The van der Waals surface area contributed by atoms with Crippen molar-refractivity contribution in [2.45, 2.75) is 32.6 Å². The van der Waals surface area contributed by atoms with E-state index in [4.69, 9.17) is 26.4 Å². The number of halogens is 1. The van der Waals surface area contributed by atoms with Gasteiger partial charge in [-0.2, -0.15) is 5.10 Å². The van der Waals surface area contributed by atoms with Gasteiger partial charge in [0.2, 0.25) is 4.80 Å². The summed E-state index contributed by atoms with van der Waals surface area (Å²) < 4.78 is 7.44. The highest BCUT2D eigenvalue weighted by atomic mass is 35.5. The van der Waals surface area contributed by atoms with Crippen LogP contribution in [-0.2, 0) is 4.79 Å². The first kappa shape index (κ1) is 21.0. The zero-order valence-electron chi connectivity index (χ0n) is 17.7. The Kier molecular flexibility index (Phi) is 5.85. The van der Waals surface area contributed by atoms with Crippen molar-refractivity contribution in [3.05, 3.63) is 57.7 Å². The number of benzene rings is 2. The molecule has 0 radical (unpaired) electrons. The van der Waals surface area contributed by atoms with E-state index in [1.165, 1.54) is 17.0 Å². The van der Waals surface area contributed by atoms with E-state index in [9.17, 15) is 4.79 Å². The molecule has 1 aromatic heterocycles. The molecule has 1 saturated carbocycles. The number of fused-ring (bicyclic) bond motifs is 1. The Balaban J connectivity index is 1.61. The molecule has 2 heterocycles. The zero-order chi connectivity index (χ0) is 22.1. The smallest absolute Gasteiger partial charge is 0.262 e. The normalized spacial score (nSPS) is 18.7. The summed E-state index contributed by atoms with van der Waals surface area (Å²) >= 11 is 7.57. The predicted octanol–water partition coefficient (Wildman–Crippen LogP) is 5.85. The van der Waals surface area contributed by atoms with Crippen LogP contribution in [0.25, 0.3) is 11.3 Å². The third-order valence-corrected chi connectivity index (χ3v) is 6.81. The molecule has 0 unspecified atom stereocenters. The number of nitrogens with zero attached hydrogens (tertiary/aromatic N) is 3. The average molecular weight is 467 g/mol. The van der Waals surface area contributed by atoms with E-state index in [1.807, 2.05) is 47.1 Å². The first-order valence-electron chi connectivity index (χ1n) is 10.7. The lowest BCUT2D eigenvalue weighted by atomic mass is 9.90. The first-order chi connectivity index (χ1) is 15.5. The van der Waals surface area contributed by atoms with Crippen LogP contribution in [0.15, 0.2) is 57.9 Å². The van der Waals surface area contributed by atoms with Gasteiger partial charge in [0.15, 0.2) is 6.61 Å². The van der Waals surface area contributed by atoms with Gasteiger partial charge >= 0.3 is 0 Å². The summed E-state index contributed by atoms with van der Waals surface area (Å²) in [6.07, 6.45) is 4.31. The molecule has 5 rings (SSSR count). The second-order valence-electron chi connectivity index (χ2n) is 8.20. The Morgan fingerprint density at radius 2 is 1.94 bits per heavy atom. The van der Waals surface area contributed by atoms with E-state index < -0.39 is 0 Å². The molecule has 1 amide bonds. The summed E-state index contributed by atoms with van der Waals surface area (Å²) in [7, 11) is 0. The lowest BCUT2D eigenvalue weighted by Gasteiger charge is -2.20. The molecule has 0 spiro atoms. The molecule has 0 atom stereocenters. The highest BCUT2D eigenvalue weighted by molar-refractivity contribution is 7.07. The lowest BCUT2D eigenvalue weighted by Crippen LogP contribution is -2.25. The minimum Gasteiger partial charge on any atom is -0.482 e. The SMILES string of the molecule is CC1CCC(=Nn2c(-c3ccc4c(c3)NC(=O)CO4)csc2=Nc2ccc(Cl)cc2)CC1. The minimum absolute atomic E-state index is 0.0427.